The summed E-state index contributed by atoms with van der Waals surface area (Å²) in [4.78, 5) is 48.4. The second kappa shape index (κ2) is 5.16. The predicted octanol–water partition coefficient (Wildman–Crippen LogP) is -0.394. The van der Waals surface area contributed by atoms with Crippen molar-refractivity contribution in [3.05, 3.63) is 0 Å². The number of imide groups is 2. The van der Waals surface area contributed by atoms with E-state index >= 15 is 0 Å². The number of nitrogens with zero attached hydrogens (tertiary/aromatic N) is 3. The van der Waals surface area contributed by atoms with Crippen LogP contribution in [0.2, 0.25) is 0 Å². The lowest BCUT2D eigenvalue weighted by molar-refractivity contribution is -0.144. The molecule has 8 heteroatoms. The molecular formula is C13H16N4O4. The predicted molar refractivity (Wildman–Crippen MR) is 69.4 cm³/mol. The van der Waals surface area contributed by atoms with E-state index in [-0.39, 0.29) is 12.5 Å². The second-order valence-electron chi connectivity index (χ2n) is 5.36. The average Bonchev–Trinajstić information content (AvgIpc) is 3.26. The zero-order valence-electron chi connectivity index (χ0n) is 11.9. The van der Waals surface area contributed by atoms with E-state index in [1.807, 2.05) is 6.07 Å². The van der Waals surface area contributed by atoms with Crippen LogP contribution in [0.15, 0.2) is 0 Å². The van der Waals surface area contributed by atoms with Gasteiger partial charge in [0.15, 0.2) is 0 Å². The van der Waals surface area contributed by atoms with Gasteiger partial charge in [-0.15, -0.1) is 0 Å². The second-order valence-corrected chi connectivity index (χ2v) is 5.36. The summed E-state index contributed by atoms with van der Waals surface area (Å²) in [5, 5.41) is 11.7. The minimum absolute atomic E-state index is 0.0690. The number of nitriles is 1. The van der Waals surface area contributed by atoms with Gasteiger partial charge in [-0.2, -0.15) is 5.26 Å². The van der Waals surface area contributed by atoms with Gasteiger partial charge in [0.25, 0.3) is 0 Å². The van der Waals surface area contributed by atoms with Crippen molar-refractivity contribution in [2.45, 2.75) is 32.2 Å². The third-order valence-electron chi connectivity index (χ3n) is 3.78. The molecule has 1 aliphatic carbocycles. The van der Waals surface area contributed by atoms with E-state index in [9.17, 15) is 19.2 Å². The highest BCUT2D eigenvalue weighted by Crippen LogP contribution is 2.39. The smallest absolute Gasteiger partial charge is 0.334 e. The van der Waals surface area contributed by atoms with Gasteiger partial charge in [0.05, 0.1) is 6.07 Å². The fourth-order valence-electron chi connectivity index (χ4n) is 2.32. The van der Waals surface area contributed by atoms with Gasteiger partial charge in [0, 0.05) is 6.54 Å². The van der Waals surface area contributed by atoms with E-state index < -0.39 is 35.8 Å². The lowest BCUT2D eigenvalue weighted by Crippen LogP contribution is -2.51. The number of carbonyl (C=O) groups is 4. The van der Waals surface area contributed by atoms with Crippen LogP contribution in [0, 0.1) is 17.2 Å². The summed E-state index contributed by atoms with van der Waals surface area (Å²) >= 11 is 0. The fraction of sp³-hybridized carbons (Fsp3) is 0.615. The van der Waals surface area contributed by atoms with Gasteiger partial charge in [-0.25, -0.2) is 9.69 Å². The molecule has 1 heterocycles. The first-order valence-corrected chi connectivity index (χ1v) is 6.73. The van der Waals surface area contributed by atoms with Gasteiger partial charge >= 0.3 is 17.8 Å². The lowest BCUT2D eigenvalue weighted by atomic mass is 9.98. The molecular weight excluding hydrogens is 276 g/mol. The van der Waals surface area contributed by atoms with Crippen LogP contribution in [-0.4, -0.2) is 52.2 Å². The highest BCUT2D eigenvalue weighted by Gasteiger charge is 2.46. The first kappa shape index (κ1) is 15.0. The number of hydrogen-bond donors (Lipinski definition) is 1. The molecule has 0 bridgehead atoms. The molecule has 1 saturated heterocycles. The van der Waals surface area contributed by atoms with Crippen LogP contribution in [0.25, 0.3) is 0 Å². The summed E-state index contributed by atoms with van der Waals surface area (Å²) < 4.78 is 0. The standard InChI is InChI=1S/C13H16N4O4/c1-3-16-10(19)11(20)17(12(16)21)6-9(18)15-13(2,7-14)8-4-5-8/h8H,3-6H2,1-2H3,(H,15,18)/t13-/m1/s1. The van der Waals surface area contributed by atoms with Crippen LogP contribution in [0.1, 0.15) is 26.7 Å². The van der Waals surface area contributed by atoms with Crippen molar-refractivity contribution in [1.82, 2.24) is 15.1 Å². The molecule has 1 N–H and O–H groups in total. The summed E-state index contributed by atoms with van der Waals surface area (Å²) in [5.74, 6) is -2.48. The molecule has 1 saturated carbocycles. The Labute approximate surface area is 121 Å². The molecule has 0 spiro atoms. The summed E-state index contributed by atoms with van der Waals surface area (Å²) in [7, 11) is 0. The van der Waals surface area contributed by atoms with Crippen molar-refractivity contribution in [3.63, 3.8) is 0 Å². The minimum atomic E-state index is -1.01. The van der Waals surface area contributed by atoms with Crippen LogP contribution >= 0.6 is 0 Å². The molecule has 0 radical (unpaired) electrons. The highest BCUT2D eigenvalue weighted by molar-refractivity contribution is 6.45. The number of likely N-dealkylation sites (N-methyl/N-ethyl adjacent to an activating group) is 1. The van der Waals surface area contributed by atoms with E-state index in [0.717, 1.165) is 17.7 Å². The maximum atomic E-state index is 12.0. The summed E-state index contributed by atoms with van der Waals surface area (Å²) in [6.45, 7) is 2.69. The van der Waals surface area contributed by atoms with E-state index in [2.05, 4.69) is 5.32 Å². The Morgan fingerprint density at radius 2 is 1.90 bits per heavy atom. The Morgan fingerprint density at radius 3 is 2.33 bits per heavy atom. The van der Waals surface area contributed by atoms with Gasteiger partial charge < -0.3 is 5.32 Å². The van der Waals surface area contributed by atoms with E-state index in [0.29, 0.717) is 4.90 Å². The molecule has 8 nitrogen and oxygen atoms in total. The largest absolute Gasteiger partial charge is 0.336 e. The van der Waals surface area contributed by atoms with Crippen LogP contribution in [0.3, 0.4) is 0 Å². The third kappa shape index (κ3) is 2.59. The van der Waals surface area contributed by atoms with Crippen molar-refractivity contribution in [1.29, 1.82) is 5.26 Å². The maximum Gasteiger partial charge on any atom is 0.334 e. The van der Waals surface area contributed by atoms with Gasteiger partial charge in [0.1, 0.15) is 12.1 Å². The number of carbonyl (C=O) groups excluding carboxylic acids is 4. The Kier molecular flexibility index (Phi) is 3.68. The van der Waals surface area contributed by atoms with Gasteiger partial charge in [-0.05, 0) is 32.6 Å². The first-order valence-electron chi connectivity index (χ1n) is 6.73. The van der Waals surface area contributed by atoms with E-state index in [4.69, 9.17) is 5.26 Å². The maximum absolute atomic E-state index is 12.0. The number of urea groups is 1. The summed E-state index contributed by atoms with van der Waals surface area (Å²) in [6.07, 6.45) is 1.71. The first-order chi connectivity index (χ1) is 9.84. The molecule has 2 fully saturated rings. The molecule has 21 heavy (non-hydrogen) atoms. The molecule has 1 aliphatic heterocycles. The number of rotatable bonds is 5. The van der Waals surface area contributed by atoms with Crippen molar-refractivity contribution >= 4 is 23.8 Å². The summed E-state index contributed by atoms with van der Waals surface area (Å²) in [6, 6.07) is 1.25. The molecule has 1 atom stereocenters. The Bertz CT molecular complexity index is 563. The third-order valence-corrected chi connectivity index (χ3v) is 3.78. The van der Waals surface area contributed by atoms with Crippen molar-refractivity contribution in [2.24, 2.45) is 5.92 Å². The van der Waals surface area contributed by atoms with Crippen molar-refractivity contribution in [3.8, 4) is 6.07 Å². The van der Waals surface area contributed by atoms with Crippen LogP contribution in [-0.2, 0) is 14.4 Å². The zero-order valence-corrected chi connectivity index (χ0v) is 11.9. The van der Waals surface area contributed by atoms with Crippen molar-refractivity contribution < 1.29 is 19.2 Å². The minimum Gasteiger partial charge on any atom is -0.336 e. The number of amides is 5. The Hall–Kier alpha value is -2.43. The zero-order chi connectivity index (χ0) is 15.8. The Balaban J connectivity index is 2.03. The van der Waals surface area contributed by atoms with Crippen LogP contribution < -0.4 is 5.32 Å². The molecule has 0 aromatic carbocycles. The summed E-state index contributed by atoms with van der Waals surface area (Å²) in [5.41, 5.74) is -1.00. The quantitative estimate of drug-likeness (QED) is 0.548. The molecule has 5 amide bonds. The Morgan fingerprint density at radius 1 is 1.33 bits per heavy atom. The highest BCUT2D eigenvalue weighted by atomic mass is 16.2. The topological polar surface area (TPSA) is 111 Å². The average molecular weight is 292 g/mol. The monoisotopic (exact) mass is 292 g/mol. The van der Waals surface area contributed by atoms with E-state index in [1.54, 1.807) is 13.8 Å². The molecule has 2 aliphatic rings. The fourth-order valence-corrected chi connectivity index (χ4v) is 2.32. The molecule has 2 rings (SSSR count). The SMILES string of the molecule is CCN1C(=O)C(=O)N(CC(=O)N[C@](C)(C#N)C2CC2)C1=O. The van der Waals surface area contributed by atoms with E-state index in [1.165, 1.54) is 0 Å². The molecule has 0 unspecified atom stereocenters. The van der Waals surface area contributed by atoms with Gasteiger partial charge in [-0.3, -0.25) is 19.3 Å². The number of hydrogen-bond acceptors (Lipinski definition) is 5. The van der Waals surface area contributed by atoms with Crippen LogP contribution in [0.4, 0.5) is 4.79 Å². The molecule has 112 valence electrons. The van der Waals surface area contributed by atoms with Crippen molar-refractivity contribution in [2.75, 3.05) is 13.1 Å². The van der Waals surface area contributed by atoms with Crippen LogP contribution in [0.5, 0.6) is 0 Å². The number of nitrogens with one attached hydrogen (secondary N) is 1. The molecule has 0 aromatic rings. The lowest BCUT2D eigenvalue weighted by Gasteiger charge is -2.24. The van der Waals surface area contributed by atoms with Gasteiger partial charge in [0.2, 0.25) is 5.91 Å². The van der Waals surface area contributed by atoms with Gasteiger partial charge in [-0.1, -0.05) is 0 Å². The molecule has 0 aromatic heterocycles. The normalized spacial score (nSPS) is 21.3.